The summed E-state index contributed by atoms with van der Waals surface area (Å²) < 4.78 is 0. The molecule has 0 amide bonds. The Hall–Kier alpha value is -2.29. The Kier molecular flexibility index (Phi) is 21.6. The minimum absolute atomic E-state index is 0.210. The monoisotopic (exact) mass is 801 g/mol. The number of hydrogen-bond acceptors (Lipinski definition) is 6. The lowest BCUT2D eigenvalue weighted by atomic mass is 9.86. The van der Waals surface area contributed by atoms with Crippen LogP contribution >= 0.6 is 11.6 Å². The first kappa shape index (κ1) is 47.4. The first-order valence-electron chi connectivity index (χ1n) is 22.8. The van der Waals surface area contributed by atoms with Crippen LogP contribution in [-0.4, -0.2) is 91.7 Å². The molecule has 0 aromatic heterocycles. The van der Waals surface area contributed by atoms with E-state index in [-0.39, 0.29) is 23.5 Å². The van der Waals surface area contributed by atoms with Crippen molar-refractivity contribution in [2.45, 2.75) is 148 Å². The van der Waals surface area contributed by atoms with Crippen molar-refractivity contribution in [1.82, 2.24) is 14.7 Å². The summed E-state index contributed by atoms with van der Waals surface area (Å²) in [6.07, 6.45) is 19.2. The minimum atomic E-state index is 0.210. The predicted molar refractivity (Wildman–Crippen MR) is 248 cm³/mol. The van der Waals surface area contributed by atoms with Gasteiger partial charge in [-0.15, -0.1) is 0 Å². The first-order valence-corrected chi connectivity index (χ1v) is 23.1. The number of nitrogens with two attached hydrogens (primary N) is 3. The predicted octanol–water partition coefficient (Wildman–Crippen LogP) is 9.56. The molecule has 0 saturated carbocycles. The Morgan fingerprint density at radius 1 is 0.491 bits per heavy atom. The van der Waals surface area contributed by atoms with Crippen LogP contribution in [0.15, 0.2) is 72.8 Å². The van der Waals surface area contributed by atoms with Gasteiger partial charge in [-0.1, -0.05) is 137 Å². The van der Waals surface area contributed by atoms with Gasteiger partial charge in [0.25, 0.3) is 0 Å². The fraction of sp³-hybridized carbons (Fsp3) is 0.640. The van der Waals surface area contributed by atoms with Gasteiger partial charge in [-0.2, -0.15) is 0 Å². The maximum Gasteiger partial charge on any atom is 0.0408 e. The molecule has 6 rings (SSSR count). The molecule has 3 heterocycles. The van der Waals surface area contributed by atoms with Gasteiger partial charge in [0.1, 0.15) is 0 Å². The van der Waals surface area contributed by atoms with Crippen molar-refractivity contribution in [3.8, 4) is 0 Å². The van der Waals surface area contributed by atoms with Gasteiger partial charge in [-0.3, -0.25) is 0 Å². The summed E-state index contributed by atoms with van der Waals surface area (Å²) in [6.45, 7) is 19.4. The molecule has 3 aromatic rings. The highest BCUT2D eigenvalue weighted by molar-refractivity contribution is 6.30. The topological polar surface area (TPSA) is 87.8 Å². The quantitative estimate of drug-likeness (QED) is 0.169. The Labute approximate surface area is 354 Å². The van der Waals surface area contributed by atoms with Crippen molar-refractivity contribution in [3.05, 3.63) is 106 Å². The number of likely N-dealkylation sites (tertiary alicyclic amines) is 3. The van der Waals surface area contributed by atoms with Gasteiger partial charge in [-0.05, 0) is 144 Å². The van der Waals surface area contributed by atoms with Gasteiger partial charge in [0.2, 0.25) is 0 Å². The third-order valence-corrected chi connectivity index (χ3v) is 12.1. The van der Waals surface area contributed by atoms with E-state index in [2.05, 4.69) is 97.0 Å². The van der Waals surface area contributed by atoms with Crippen LogP contribution in [0.3, 0.4) is 0 Å². The zero-order valence-corrected chi connectivity index (χ0v) is 37.3. The second kappa shape index (κ2) is 26.0. The third-order valence-electron chi connectivity index (χ3n) is 11.9. The summed E-state index contributed by atoms with van der Waals surface area (Å²) >= 11 is 5.99. The van der Waals surface area contributed by atoms with E-state index in [1.807, 2.05) is 18.2 Å². The van der Waals surface area contributed by atoms with Gasteiger partial charge in [-0.25, -0.2) is 0 Å². The molecule has 3 fully saturated rings. The third kappa shape index (κ3) is 20.0. The molecular weight excluding hydrogens is 720 g/mol. The van der Waals surface area contributed by atoms with Crippen molar-refractivity contribution in [3.63, 3.8) is 0 Å². The summed E-state index contributed by atoms with van der Waals surface area (Å²) in [5.41, 5.74) is 25.8. The van der Waals surface area contributed by atoms with E-state index in [4.69, 9.17) is 28.8 Å². The molecule has 3 atom stereocenters. The molecule has 0 spiro atoms. The highest BCUT2D eigenvalue weighted by atomic mass is 35.5. The van der Waals surface area contributed by atoms with Crippen LogP contribution in [0.25, 0.3) is 0 Å². The van der Waals surface area contributed by atoms with Gasteiger partial charge in [0, 0.05) is 42.8 Å². The molecule has 3 saturated heterocycles. The van der Waals surface area contributed by atoms with Gasteiger partial charge in [0.05, 0.1) is 0 Å². The average Bonchev–Trinajstić information content (AvgIpc) is 3.70. The molecule has 3 aliphatic rings. The minimum Gasteiger partial charge on any atom is -0.326 e. The van der Waals surface area contributed by atoms with Gasteiger partial charge in [0.15, 0.2) is 0 Å². The van der Waals surface area contributed by atoms with E-state index < -0.39 is 0 Å². The largest absolute Gasteiger partial charge is 0.326 e. The molecule has 57 heavy (non-hydrogen) atoms. The molecule has 0 bridgehead atoms. The highest BCUT2D eigenvalue weighted by Crippen LogP contribution is 2.23. The zero-order chi connectivity index (χ0) is 40.9. The second-order valence-corrected chi connectivity index (χ2v) is 19.0. The molecule has 6 nitrogen and oxygen atoms in total. The molecule has 3 unspecified atom stereocenters. The normalized spacial score (nSPS) is 19.4. The van der Waals surface area contributed by atoms with Crippen LogP contribution in [0.4, 0.5) is 0 Å². The van der Waals surface area contributed by atoms with Crippen molar-refractivity contribution >= 4 is 11.6 Å². The lowest BCUT2D eigenvalue weighted by Crippen LogP contribution is -2.39. The number of rotatable bonds is 12. The smallest absolute Gasteiger partial charge is 0.0408 e. The fourth-order valence-electron chi connectivity index (χ4n) is 8.58. The van der Waals surface area contributed by atoms with Gasteiger partial charge >= 0.3 is 0 Å². The van der Waals surface area contributed by atoms with Crippen molar-refractivity contribution in [2.24, 2.45) is 17.2 Å². The summed E-state index contributed by atoms with van der Waals surface area (Å²) in [5.74, 6) is 0. The number of nitrogens with zero attached hydrogens (tertiary/aromatic N) is 3. The van der Waals surface area contributed by atoms with E-state index in [1.54, 1.807) is 0 Å². The Bertz CT molecular complexity index is 1460. The van der Waals surface area contributed by atoms with Crippen LogP contribution in [0.2, 0.25) is 5.02 Å². The Morgan fingerprint density at radius 3 is 1.19 bits per heavy atom. The molecule has 6 N–H and O–H groups in total. The van der Waals surface area contributed by atoms with Crippen molar-refractivity contribution in [2.75, 3.05) is 58.9 Å². The van der Waals surface area contributed by atoms with Crippen LogP contribution in [0.1, 0.15) is 126 Å². The molecule has 7 heteroatoms. The average molecular weight is 802 g/mol. The van der Waals surface area contributed by atoms with Crippen LogP contribution in [-0.2, 0) is 24.7 Å². The van der Waals surface area contributed by atoms with Crippen LogP contribution in [0, 0.1) is 6.92 Å². The van der Waals surface area contributed by atoms with E-state index >= 15 is 0 Å². The van der Waals surface area contributed by atoms with Crippen molar-refractivity contribution in [1.29, 1.82) is 0 Å². The summed E-state index contributed by atoms with van der Waals surface area (Å²) in [7, 11) is 0. The SMILES string of the molecule is CC(C)(C)c1ccc(CC(N)CN2CCCCCC2)cc1.Cc1ccc(CC(N)CN2CCCCCC2)cc1.NC(Cc1cccc(Cl)c1)CN1CCCCCC1. The number of benzene rings is 3. The maximum atomic E-state index is 6.37. The van der Waals surface area contributed by atoms with Crippen molar-refractivity contribution < 1.29 is 0 Å². The standard InChI is InChI=1S/C19H32N2.C16H26N2.C15H23ClN2/c1-19(2,3)17-10-8-16(9-11-17)14-18(20)15-21-12-6-4-5-7-13-21;1-14-6-8-15(9-7-14)12-16(17)13-18-10-4-2-3-5-11-18;16-14-7-5-6-13(10-14)11-15(17)12-18-8-3-1-2-4-9-18/h8-11,18H,4-7,12-15,20H2,1-3H3;6-9,16H,2-5,10-13,17H2,1H3;5-7,10,15H,1-4,8-9,11-12,17H2. The summed E-state index contributed by atoms with van der Waals surface area (Å²) in [5, 5.41) is 0.800. The number of halogens is 1. The summed E-state index contributed by atoms with van der Waals surface area (Å²) in [4.78, 5) is 7.62. The molecule has 3 aliphatic heterocycles. The zero-order valence-electron chi connectivity index (χ0n) is 36.6. The number of aryl methyl sites for hydroxylation is 1. The van der Waals surface area contributed by atoms with Crippen LogP contribution < -0.4 is 17.2 Å². The van der Waals surface area contributed by atoms with Gasteiger partial charge < -0.3 is 31.9 Å². The molecule has 318 valence electrons. The van der Waals surface area contributed by atoms with E-state index in [0.29, 0.717) is 0 Å². The lowest BCUT2D eigenvalue weighted by Gasteiger charge is -2.24. The van der Waals surface area contributed by atoms with Crippen LogP contribution in [0.5, 0.6) is 0 Å². The second-order valence-electron chi connectivity index (χ2n) is 18.6. The number of hydrogen-bond donors (Lipinski definition) is 3. The van der Waals surface area contributed by atoms with E-state index in [9.17, 15) is 0 Å². The Balaban J connectivity index is 0.000000190. The molecular formula is C50H81ClN6. The van der Waals surface area contributed by atoms with E-state index in [1.165, 1.54) is 144 Å². The van der Waals surface area contributed by atoms with E-state index in [0.717, 1.165) is 43.9 Å². The highest BCUT2D eigenvalue weighted by Gasteiger charge is 2.17. The molecule has 3 aromatic carbocycles. The fourth-order valence-corrected chi connectivity index (χ4v) is 8.79. The molecule has 0 radical (unpaired) electrons. The maximum absolute atomic E-state index is 6.37. The molecule has 0 aliphatic carbocycles. The Morgan fingerprint density at radius 2 is 0.842 bits per heavy atom. The lowest BCUT2D eigenvalue weighted by molar-refractivity contribution is 0.266. The summed E-state index contributed by atoms with van der Waals surface area (Å²) in [6, 6.07) is 26.5. The first-order chi connectivity index (χ1) is 27.4.